The molecule has 90 valence electrons. The van der Waals surface area contributed by atoms with Gasteiger partial charge in [0.2, 0.25) is 0 Å². The Morgan fingerprint density at radius 2 is 1.61 bits per heavy atom. The number of hydrogen-bond donors (Lipinski definition) is 0. The van der Waals surface area contributed by atoms with E-state index in [0.29, 0.717) is 5.56 Å². The van der Waals surface area contributed by atoms with Crippen molar-refractivity contribution >= 4 is 11.8 Å². The van der Waals surface area contributed by atoms with Crippen molar-refractivity contribution in [3.05, 3.63) is 59.4 Å². The third-order valence-electron chi connectivity index (χ3n) is 2.42. The van der Waals surface area contributed by atoms with Crippen molar-refractivity contribution in [1.82, 2.24) is 10.2 Å². The standard InChI is InChI=1S/C13H10N2O3/c1-18-13(17)11-8-15-14-7-10(11)12(16)9-5-3-2-4-6-9/h2-8H,1H3. The molecule has 0 N–H and O–H groups in total. The summed E-state index contributed by atoms with van der Waals surface area (Å²) in [5.74, 6) is -0.893. The van der Waals surface area contributed by atoms with Gasteiger partial charge in [0, 0.05) is 5.56 Å². The molecule has 0 radical (unpaired) electrons. The minimum atomic E-state index is -0.607. The maximum absolute atomic E-state index is 12.2. The van der Waals surface area contributed by atoms with Gasteiger partial charge in [-0.15, -0.1) is 0 Å². The molecule has 5 heteroatoms. The zero-order valence-electron chi connectivity index (χ0n) is 9.66. The van der Waals surface area contributed by atoms with Crippen molar-refractivity contribution in [2.75, 3.05) is 7.11 Å². The van der Waals surface area contributed by atoms with E-state index < -0.39 is 5.97 Å². The van der Waals surface area contributed by atoms with Crippen LogP contribution in [0.15, 0.2) is 42.7 Å². The number of ether oxygens (including phenoxy) is 1. The molecule has 0 saturated carbocycles. The van der Waals surface area contributed by atoms with Crippen LogP contribution in [0.2, 0.25) is 0 Å². The fraction of sp³-hybridized carbons (Fsp3) is 0.0769. The number of nitrogens with zero attached hydrogens (tertiary/aromatic N) is 2. The normalized spacial score (nSPS) is 9.83. The molecule has 2 rings (SSSR count). The molecule has 1 aromatic carbocycles. The highest BCUT2D eigenvalue weighted by atomic mass is 16.5. The van der Waals surface area contributed by atoms with E-state index in [-0.39, 0.29) is 16.9 Å². The Kier molecular flexibility index (Phi) is 3.43. The zero-order chi connectivity index (χ0) is 13.0. The number of carbonyl (C=O) groups is 2. The second-order valence-electron chi connectivity index (χ2n) is 3.50. The molecule has 0 bridgehead atoms. The molecule has 0 unspecified atom stereocenters. The van der Waals surface area contributed by atoms with Gasteiger partial charge in [0.1, 0.15) is 0 Å². The van der Waals surface area contributed by atoms with E-state index in [1.54, 1.807) is 24.3 Å². The predicted molar refractivity (Wildman–Crippen MR) is 63.2 cm³/mol. The number of rotatable bonds is 3. The molecule has 0 aliphatic carbocycles. The Bertz CT molecular complexity index is 582. The van der Waals surface area contributed by atoms with Crippen LogP contribution in [-0.4, -0.2) is 29.1 Å². The largest absolute Gasteiger partial charge is 0.465 e. The fourth-order valence-electron chi connectivity index (χ4n) is 1.52. The Labute approximate surface area is 103 Å². The monoisotopic (exact) mass is 242 g/mol. The lowest BCUT2D eigenvalue weighted by molar-refractivity contribution is 0.0596. The molecule has 0 atom stereocenters. The number of hydrogen-bond acceptors (Lipinski definition) is 5. The van der Waals surface area contributed by atoms with Gasteiger partial charge in [-0.25, -0.2) is 4.79 Å². The van der Waals surface area contributed by atoms with Gasteiger partial charge in [-0.1, -0.05) is 30.3 Å². The molecular formula is C13H10N2O3. The van der Waals surface area contributed by atoms with Gasteiger partial charge < -0.3 is 4.74 Å². The molecule has 0 fully saturated rings. The van der Waals surface area contributed by atoms with Crippen LogP contribution >= 0.6 is 0 Å². The van der Waals surface area contributed by atoms with Gasteiger partial charge in [-0.05, 0) is 0 Å². The van der Waals surface area contributed by atoms with E-state index in [2.05, 4.69) is 14.9 Å². The molecule has 0 aliphatic rings. The Morgan fingerprint density at radius 1 is 1.00 bits per heavy atom. The summed E-state index contributed by atoms with van der Waals surface area (Å²) >= 11 is 0. The summed E-state index contributed by atoms with van der Waals surface area (Å²) in [4.78, 5) is 23.7. The summed E-state index contributed by atoms with van der Waals surface area (Å²) in [6.07, 6.45) is 2.49. The first-order valence-electron chi connectivity index (χ1n) is 5.23. The third kappa shape index (κ3) is 2.24. The average molecular weight is 242 g/mol. The van der Waals surface area contributed by atoms with E-state index in [1.807, 2.05) is 6.07 Å². The Hall–Kier alpha value is -2.56. The summed E-state index contributed by atoms with van der Waals surface area (Å²) in [5.41, 5.74) is 0.778. The van der Waals surface area contributed by atoms with Crippen LogP contribution in [0, 0.1) is 0 Å². The van der Waals surface area contributed by atoms with Crippen molar-refractivity contribution in [2.45, 2.75) is 0 Å². The quantitative estimate of drug-likeness (QED) is 0.602. The van der Waals surface area contributed by atoms with Gasteiger partial charge in [0.15, 0.2) is 5.78 Å². The van der Waals surface area contributed by atoms with Crippen molar-refractivity contribution in [3.63, 3.8) is 0 Å². The predicted octanol–water partition coefficient (Wildman–Crippen LogP) is 1.49. The van der Waals surface area contributed by atoms with E-state index in [9.17, 15) is 9.59 Å². The minimum Gasteiger partial charge on any atom is -0.465 e. The molecule has 2 aromatic rings. The SMILES string of the molecule is COC(=O)c1cnncc1C(=O)c1ccccc1. The molecule has 1 aromatic heterocycles. The number of ketones is 1. The minimum absolute atomic E-state index is 0.112. The van der Waals surface area contributed by atoms with E-state index >= 15 is 0 Å². The summed E-state index contributed by atoms with van der Waals surface area (Å²) in [6.45, 7) is 0. The number of aromatic nitrogens is 2. The molecule has 1 heterocycles. The highest BCUT2D eigenvalue weighted by molar-refractivity contribution is 6.14. The molecule has 0 aliphatic heterocycles. The summed E-state index contributed by atoms with van der Waals surface area (Å²) in [5, 5.41) is 7.22. The molecule has 5 nitrogen and oxygen atoms in total. The fourth-order valence-corrected chi connectivity index (χ4v) is 1.52. The number of benzene rings is 1. The van der Waals surface area contributed by atoms with Gasteiger partial charge >= 0.3 is 5.97 Å². The first-order valence-corrected chi connectivity index (χ1v) is 5.23. The van der Waals surface area contributed by atoms with E-state index in [4.69, 9.17) is 0 Å². The van der Waals surface area contributed by atoms with Crippen molar-refractivity contribution in [2.24, 2.45) is 0 Å². The Balaban J connectivity index is 2.46. The topological polar surface area (TPSA) is 69.2 Å². The second-order valence-corrected chi connectivity index (χ2v) is 3.50. The number of methoxy groups -OCH3 is 1. The lowest BCUT2D eigenvalue weighted by Gasteiger charge is -2.05. The first-order chi connectivity index (χ1) is 8.74. The van der Waals surface area contributed by atoms with Crippen molar-refractivity contribution < 1.29 is 14.3 Å². The number of esters is 1. The maximum atomic E-state index is 12.2. The molecule has 18 heavy (non-hydrogen) atoms. The van der Waals surface area contributed by atoms with Gasteiger partial charge in [-0.2, -0.15) is 10.2 Å². The van der Waals surface area contributed by atoms with Crippen LogP contribution in [0.4, 0.5) is 0 Å². The van der Waals surface area contributed by atoms with Crippen molar-refractivity contribution in [3.8, 4) is 0 Å². The van der Waals surface area contributed by atoms with Crippen LogP contribution in [0.1, 0.15) is 26.3 Å². The van der Waals surface area contributed by atoms with Crippen LogP contribution in [-0.2, 0) is 4.74 Å². The van der Waals surface area contributed by atoms with Gasteiger partial charge in [0.25, 0.3) is 0 Å². The zero-order valence-corrected chi connectivity index (χ0v) is 9.66. The maximum Gasteiger partial charge on any atom is 0.340 e. The summed E-state index contributed by atoms with van der Waals surface area (Å²) in [7, 11) is 1.25. The lowest BCUT2D eigenvalue weighted by atomic mass is 10.0. The van der Waals surface area contributed by atoms with E-state index in [0.717, 1.165) is 0 Å². The van der Waals surface area contributed by atoms with Crippen LogP contribution in [0.5, 0.6) is 0 Å². The summed E-state index contributed by atoms with van der Waals surface area (Å²) < 4.78 is 4.60. The highest BCUT2D eigenvalue weighted by Gasteiger charge is 2.19. The van der Waals surface area contributed by atoms with Crippen LogP contribution < -0.4 is 0 Å². The second kappa shape index (κ2) is 5.18. The lowest BCUT2D eigenvalue weighted by Crippen LogP contribution is -2.12. The molecule has 0 saturated heterocycles. The smallest absolute Gasteiger partial charge is 0.340 e. The van der Waals surface area contributed by atoms with Crippen molar-refractivity contribution in [1.29, 1.82) is 0 Å². The molecule has 0 spiro atoms. The van der Waals surface area contributed by atoms with E-state index in [1.165, 1.54) is 19.5 Å². The Morgan fingerprint density at radius 3 is 2.22 bits per heavy atom. The first kappa shape index (κ1) is 11.9. The number of carbonyl (C=O) groups excluding carboxylic acids is 2. The summed E-state index contributed by atoms with van der Waals surface area (Å²) in [6, 6.07) is 8.65. The molecular weight excluding hydrogens is 232 g/mol. The average Bonchev–Trinajstić information content (AvgIpc) is 2.46. The molecule has 0 amide bonds. The highest BCUT2D eigenvalue weighted by Crippen LogP contribution is 2.13. The van der Waals surface area contributed by atoms with Crippen LogP contribution in [0.25, 0.3) is 0 Å². The van der Waals surface area contributed by atoms with Crippen LogP contribution in [0.3, 0.4) is 0 Å². The van der Waals surface area contributed by atoms with Gasteiger partial charge in [0.05, 0.1) is 30.6 Å². The third-order valence-corrected chi connectivity index (χ3v) is 2.42. The van der Waals surface area contributed by atoms with Gasteiger partial charge in [-0.3, -0.25) is 4.79 Å².